The Morgan fingerprint density at radius 1 is 1.24 bits per heavy atom. The molecule has 0 saturated carbocycles. The fourth-order valence-corrected chi connectivity index (χ4v) is 2.45. The summed E-state index contributed by atoms with van der Waals surface area (Å²) in [7, 11) is 0. The van der Waals surface area contributed by atoms with E-state index in [1.165, 1.54) is 5.56 Å². The van der Waals surface area contributed by atoms with Crippen molar-refractivity contribution >= 4 is 0 Å². The van der Waals surface area contributed by atoms with Gasteiger partial charge in [0.1, 0.15) is 0 Å². The molecule has 1 aliphatic rings. The van der Waals surface area contributed by atoms with Crippen LogP contribution in [0.3, 0.4) is 0 Å². The molecule has 0 atom stereocenters. The van der Waals surface area contributed by atoms with Crippen molar-refractivity contribution < 1.29 is 9.26 Å². The molecule has 5 nitrogen and oxygen atoms in total. The summed E-state index contributed by atoms with van der Waals surface area (Å²) in [5.41, 5.74) is 2.20. The number of aromatic nitrogens is 2. The van der Waals surface area contributed by atoms with Crippen molar-refractivity contribution in [2.45, 2.75) is 32.3 Å². The molecular formula is C16H21N3O2. The topological polar surface area (TPSA) is 60.2 Å². The minimum Gasteiger partial charge on any atom is -0.378 e. The molecule has 1 aliphatic heterocycles. The van der Waals surface area contributed by atoms with E-state index in [0.717, 1.165) is 31.5 Å². The van der Waals surface area contributed by atoms with Gasteiger partial charge in [0.05, 0.1) is 19.1 Å². The Morgan fingerprint density at radius 2 is 2.00 bits per heavy atom. The zero-order valence-electron chi connectivity index (χ0n) is 12.3. The highest BCUT2D eigenvalue weighted by atomic mass is 16.5. The Hall–Kier alpha value is -1.72. The normalized spacial score (nSPS) is 16.2. The third kappa shape index (κ3) is 3.89. The maximum absolute atomic E-state index is 5.85. The summed E-state index contributed by atoms with van der Waals surface area (Å²) in [6, 6.07) is 8.11. The van der Waals surface area contributed by atoms with Gasteiger partial charge in [-0.15, -0.1) is 0 Å². The van der Waals surface area contributed by atoms with Crippen LogP contribution in [0, 0.1) is 6.92 Å². The molecule has 0 aliphatic carbocycles. The SMILES string of the molecule is Cc1ccc(-c2noc(CCOC3CCNCC3)n2)cc1. The quantitative estimate of drug-likeness (QED) is 0.914. The minimum absolute atomic E-state index is 0.366. The van der Waals surface area contributed by atoms with Crippen molar-refractivity contribution in [3.8, 4) is 11.4 Å². The summed E-state index contributed by atoms with van der Waals surface area (Å²) in [5, 5.41) is 7.36. The first kappa shape index (κ1) is 14.2. The molecule has 0 unspecified atom stereocenters. The number of piperidine rings is 1. The second-order valence-corrected chi connectivity index (χ2v) is 5.45. The predicted molar refractivity (Wildman–Crippen MR) is 80.0 cm³/mol. The van der Waals surface area contributed by atoms with E-state index in [-0.39, 0.29) is 0 Å². The summed E-state index contributed by atoms with van der Waals surface area (Å²) in [5.74, 6) is 1.28. The lowest BCUT2D eigenvalue weighted by atomic mass is 10.1. The molecule has 21 heavy (non-hydrogen) atoms. The van der Waals surface area contributed by atoms with Crippen LogP contribution in [0.5, 0.6) is 0 Å². The molecule has 112 valence electrons. The van der Waals surface area contributed by atoms with Crippen LogP contribution < -0.4 is 5.32 Å². The molecule has 3 rings (SSSR count). The first-order valence-electron chi connectivity index (χ1n) is 7.53. The minimum atomic E-state index is 0.366. The lowest BCUT2D eigenvalue weighted by molar-refractivity contribution is 0.0322. The highest BCUT2D eigenvalue weighted by Gasteiger charge is 2.14. The van der Waals surface area contributed by atoms with Crippen molar-refractivity contribution in [3.05, 3.63) is 35.7 Å². The fraction of sp³-hybridized carbons (Fsp3) is 0.500. The van der Waals surface area contributed by atoms with Gasteiger partial charge in [0.15, 0.2) is 0 Å². The van der Waals surface area contributed by atoms with Crippen molar-refractivity contribution in [1.82, 2.24) is 15.5 Å². The van der Waals surface area contributed by atoms with Crippen molar-refractivity contribution in [2.24, 2.45) is 0 Å². The number of rotatable bonds is 5. The number of hydrogen-bond donors (Lipinski definition) is 1. The van der Waals surface area contributed by atoms with Crippen molar-refractivity contribution in [3.63, 3.8) is 0 Å². The molecule has 0 spiro atoms. The van der Waals surface area contributed by atoms with Crippen LogP contribution in [-0.2, 0) is 11.2 Å². The lowest BCUT2D eigenvalue weighted by Crippen LogP contribution is -2.32. The van der Waals surface area contributed by atoms with E-state index in [1.54, 1.807) is 0 Å². The monoisotopic (exact) mass is 287 g/mol. The number of aryl methyl sites for hydroxylation is 1. The maximum Gasteiger partial charge on any atom is 0.229 e. The van der Waals surface area contributed by atoms with Crippen molar-refractivity contribution in [2.75, 3.05) is 19.7 Å². The molecule has 0 bridgehead atoms. The molecule has 1 N–H and O–H groups in total. The molecule has 1 saturated heterocycles. The zero-order valence-corrected chi connectivity index (χ0v) is 12.3. The third-order valence-corrected chi connectivity index (χ3v) is 3.73. The smallest absolute Gasteiger partial charge is 0.229 e. The number of nitrogens with zero attached hydrogens (tertiary/aromatic N) is 2. The van der Waals surface area contributed by atoms with E-state index >= 15 is 0 Å². The summed E-state index contributed by atoms with van der Waals surface area (Å²) < 4.78 is 11.1. The summed E-state index contributed by atoms with van der Waals surface area (Å²) >= 11 is 0. The van der Waals surface area contributed by atoms with Gasteiger partial charge in [-0.1, -0.05) is 35.0 Å². The van der Waals surface area contributed by atoms with E-state index in [0.29, 0.717) is 30.8 Å². The fourth-order valence-electron chi connectivity index (χ4n) is 2.45. The Morgan fingerprint density at radius 3 is 2.76 bits per heavy atom. The maximum atomic E-state index is 5.85. The second kappa shape index (κ2) is 6.83. The van der Waals surface area contributed by atoms with Gasteiger partial charge in [0.25, 0.3) is 0 Å². The summed E-state index contributed by atoms with van der Waals surface area (Å²) in [6.07, 6.45) is 3.20. The number of benzene rings is 1. The van der Waals surface area contributed by atoms with Crippen LogP contribution in [0.4, 0.5) is 0 Å². The van der Waals surface area contributed by atoms with Gasteiger partial charge in [-0.25, -0.2) is 0 Å². The Kier molecular flexibility index (Phi) is 4.62. The summed E-state index contributed by atoms with van der Waals surface area (Å²) in [4.78, 5) is 4.42. The van der Waals surface area contributed by atoms with Crippen LogP contribution in [0.25, 0.3) is 11.4 Å². The van der Waals surface area contributed by atoms with Crippen molar-refractivity contribution in [1.29, 1.82) is 0 Å². The molecule has 1 fully saturated rings. The van der Waals surface area contributed by atoms with Crippen LogP contribution in [0.15, 0.2) is 28.8 Å². The first-order valence-corrected chi connectivity index (χ1v) is 7.53. The first-order chi connectivity index (χ1) is 10.3. The van der Waals surface area contributed by atoms with Gasteiger partial charge in [-0.05, 0) is 32.9 Å². The van der Waals surface area contributed by atoms with Crippen LogP contribution in [-0.4, -0.2) is 35.9 Å². The van der Waals surface area contributed by atoms with Gasteiger partial charge in [0, 0.05) is 5.56 Å². The largest absolute Gasteiger partial charge is 0.378 e. The van der Waals surface area contributed by atoms with Gasteiger partial charge in [-0.2, -0.15) is 4.98 Å². The summed E-state index contributed by atoms with van der Waals surface area (Å²) in [6.45, 7) is 4.79. The van der Waals surface area contributed by atoms with E-state index in [4.69, 9.17) is 9.26 Å². The Bertz CT molecular complexity index is 559. The number of hydrogen-bond acceptors (Lipinski definition) is 5. The third-order valence-electron chi connectivity index (χ3n) is 3.73. The van der Waals surface area contributed by atoms with E-state index in [9.17, 15) is 0 Å². The Labute approximate surface area is 124 Å². The number of ether oxygens (including phenoxy) is 1. The molecular weight excluding hydrogens is 266 g/mol. The van der Waals surface area contributed by atoms with Gasteiger partial charge in [-0.3, -0.25) is 0 Å². The standard InChI is InChI=1S/C16H21N3O2/c1-12-2-4-13(5-3-12)16-18-15(21-19-16)8-11-20-14-6-9-17-10-7-14/h2-5,14,17H,6-11H2,1H3. The van der Waals surface area contributed by atoms with E-state index < -0.39 is 0 Å². The van der Waals surface area contributed by atoms with Gasteiger partial charge in [0.2, 0.25) is 11.7 Å². The highest BCUT2D eigenvalue weighted by Crippen LogP contribution is 2.16. The average Bonchev–Trinajstić information content (AvgIpc) is 2.98. The van der Waals surface area contributed by atoms with Gasteiger partial charge < -0.3 is 14.6 Å². The average molecular weight is 287 g/mol. The Balaban J connectivity index is 1.51. The van der Waals surface area contributed by atoms with E-state index in [2.05, 4.69) is 22.4 Å². The molecule has 0 radical (unpaired) electrons. The van der Waals surface area contributed by atoms with Crippen LogP contribution in [0.1, 0.15) is 24.3 Å². The molecule has 5 heteroatoms. The molecule has 2 heterocycles. The molecule has 0 amide bonds. The van der Waals surface area contributed by atoms with Gasteiger partial charge >= 0.3 is 0 Å². The van der Waals surface area contributed by atoms with E-state index in [1.807, 2.05) is 24.3 Å². The number of nitrogens with one attached hydrogen (secondary N) is 1. The van der Waals surface area contributed by atoms with Crippen LogP contribution in [0.2, 0.25) is 0 Å². The predicted octanol–water partition coefficient (Wildman–Crippen LogP) is 2.36. The zero-order chi connectivity index (χ0) is 14.5. The second-order valence-electron chi connectivity index (χ2n) is 5.45. The molecule has 1 aromatic carbocycles. The highest BCUT2D eigenvalue weighted by molar-refractivity contribution is 5.54. The molecule has 1 aromatic heterocycles. The molecule has 2 aromatic rings. The van der Waals surface area contributed by atoms with Crippen LogP contribution >= 0.6 is 0 Å². The lowest BCUT2D eigenvalue weighted by Gasteiger charge is -2.22.